The highest BCUT2D eigenvalue weighted by Crippen LogP contribution is 2.42. The zero-order valence-corrected chi connectivity index (χ0v) is 23.8. The molecule has 2 aromatic heterocycles. The second-order valence-electron chi connectivity index (χ2n) is 10.4. The molecular formula is C29H33N3O7S. The molecule has 2 aromatic carbocycles. The third-order valence-electron chi connectivity index (χ3n) is 6.44. The average Bonchev–Trinajstić information content (AvgIpc) is 2.91. The van der Waals surface area contributed by atoms with Crippen LogP contribution >= 0.6 is 0 Å². The first-order chi connectivity index (χ1) is 18.9. The Morgan fingerprint density at radius 3 is 2.27 bits per heavy atom. The first kappa shape index (κ1) is 29.1. The maximum Gasteiger partial charge on any atom is 0.258 e. The summed E-state index contributed by atoms with van der Waals surface area (Å²) in [5.74, 6) is 0.389. The van der Waals surface area contributed by atoms with Crippen molar-refractivity contribution < 1.29 is 28.1 Å². The fourth-order valence-electron chi connectivity index (χ4n) is 4.46. The molecule has 0 aliphatic carbocycles. The van der Waals surface area contributed by atoms with E-state index >= 15 is 0 Å². The van der Waals surface area contributed by atoms with Crippen molar-refractivity contribution >= 4 is 26.6 Å². The Balaban J connectivity index is 1.83. The van der Waals surface area contributed by atoms with Crippen LogP contribution in [0, 0.1) is 0 Å². The number of anilines is 1. The lowest BCUT2D eigenvalue weighted by molar-refractivity contribution is 0.112. The molecule has 10 nitrogen and oxygen atoms in total. The normalized spacial score (nSPS) is 12.8. The van der Waals surface area contributed by atoms with Crippen molar-refractivity contribution in [2.75, 3.05) is 31.3 Å². The molecule has 2 heterocycles. The molecule has 0 aliphatic heterocycles. The Bertz CT molecular complexity index is 1690. The van der Waals surface area contributed by atoms with Gasteiger partial charge in [-0.3, -0.25) is 19.5 Å². The molecule has 0 fully saturated rings. The summed E-state index contributed by atoms with van der Waals surface area (Å²) >= 11 is 0. The van der Waals surface area contributed by atoms with E-state index in [0.29, 0.717) is 34.0 Å². The van der Waals surface area contributed by atoms with Gasteiger partial charge in [-0.1, -0.05) is 32.9 Å². The first-order valence-corrected chi connectivity index (χ1v) is 14.2. The number of aliphatic hydroxyl groups is 2. The summed E-state index contributed by atoms with van der Waals surface area (Å²) in [7, 11) is -0.758. The van der Waals surface area contributed by atoms with Crippen LogP contribution < -0.4 is 19.8 Å². The number of rotatable bonds is 9. The number of aliphatic hydroxyl groups excluding tert-OH is 2. The molecule has 0 bridgehead atoms. The van der Waals surface area contributed by atoms with Crippen LogP contribution in [0.3, 0.4) is 0 Å². The van der Waals surface area contributed by atoms with Crippen molar-refractivity contribution in [2.45, 2.75) is 32.3 Å². The summed E-state index contributed by atoms with van der Waals surface area (Å²) in [6.45, 7) is 5.55. The van der Waals surface area contributed by atoms with Crippen molar-refractivity contribution in [3.05, 3.63) is 70.6 Å². The topological polar surface area (TPSA) is 151 Å². The SMILES string of the molecule is COc1ccc(-c2cc(C(C)(C)C)c(OC)c3cc(-c4ccc(NS(=O)(=O)CC(O)CO)cc4)cnc23)c(=O)[nH]1. The smallest absolute Gasteiger partial charge is 0.258 e. The molecule has 4 rings (SSSR count). The molecule has 212 valence electrons. The van der Waals surface area contributed by atoms with Gasteiger partial charge in [0.05, 0.1) is 38.2 Å². The molecule has 0 spiro atoms. The number of sulfonamides is 1. The lowest BCUT2D eigenvalue weighted by atomic mass is 9.83. The summed E-state index contributed by atoms with van der Waals surface area (Å²) in [5.41, 5.74) is 3.84. The summed E-state index contributed by atoms with van der Waals surface area (Å²) in [4.78, 5) is 20.5. The third kappa shape index (κ3) is 6.11. The van der Waals surface area contributed by atoms with E-state index < -0.39 is 28.5 Å². The molecule has 40 heavy (non-hydrogen) atoms. The molecule has 1 atom stereocenters. The number of aromatic nitrogens is 2. The molecule has 11 heteroatoms. The molecule has 0 saturated heterocycles. The van der Waals surface area contributed by atoms with Crippen LogP contribution in [0.2, 0.25) is 0 Å². The van der Waals surface area contributed by atoms with Gasteiger partial charge < -0.3 is 19.7 Å². The van der Waals surface area contributed by atoms with Gasteiger partial charge >= 0.3 is 0 Å². The average molecular weight is 568 g/mol. The molecule has 4 N–H and O–H groups in total. The van der Waals surface area contributed by atoms with Gasteiger partial charge in [-0.2, -0.15) is 0 Å². The van der Waals surface area contributed by atoms with E-state index in [1.807, 2.05) is 12.1 Å². The maximum atomic E-state index is 13.0. The van der Waals surface area contributed by atoms with Gasteiger partial charge in [0.25, 0.3) is 5.56 Å². The van der Waals surface area contributed by atoms with Crippen LogP contribution in [-0.2, 0) is 15.4 Å². The number of H-pyrrole nitrogens is 1. The number of ether oxygens (including phenoxy) is 2. The number of nitrogens with zero attached hydrogens (tertiary/aromatic N) is 1. The van der Waals surface area contributed by atoms with Crippen molar-refractivity contribution in [1.29, 1.82) is 0 Å². The monoisotopic (exact) mass is 567 g/mol. The Hall–Kier alpha value is -3.93. The fraction of sp³-hybridized carbons (Fsp3) is 0.310. The highest BCUT2D eigenvalue weighted by Gasteiger charge is 2.25. The largest absolute Gasteiger partial charge is 0.496 e. The number of aromatic amines is 1. The second kappa shape index (κ2) is 11.3. The van der Waals surface area contributed by atoms with Crippen LogP contribution in [0.15, 0.2) is 59.5 Å². The minimum Gasteiger partial charge on any atom is -0.496 e. The van der Waals surface area contributed by atoms with Gasteiger partial charge in [-0.15, -0.1) is 0 Å². The zero-order valence-electron chi connectivity index (χ0n) is 23.0. The highest BCUT2D eigenvalue weighted by atomic mass is 32.2. The summed E-state index contributed by atoms with van der Waals surface area (Å²) in [6.07, 6.45) is 0.322. The maximum absolute atomic E-state index is 13.0. The predicted molar refractivity (Wildman–Crippen MR) is 156 cm³/mol. The lowest BCUT2D eigenvalue weighted by Gasteiger charge is -2.25. The van der Waals surface area contributed by atoms with E-state index in [1.165, 1.54) is 7.11 Å². The van der Waals surface area contributed by atoms with Crippen LogP contribution in [0.1, 0.15) is 26.3 Å². The highest BCUT2D eigenvalue weighted by molar-refractivity contribution is 7.92. The minimum absolute atomic E-state index is 0.305. The van der Waals surface area contributed by atoms with Crippen molar-refractivity contribution in [3.8, 4) is 33.9 Å². The fourth-order valence-corrected chi connectivity index (χ4v) is 5.65. The van der Waals surface area contributed by atoms with Gasteiger partial charge in [-0.25, -0.2) is 8.42 Å². The summed E-state index contributed by atoms with van der Waals surface area (Å²) in [6, 6.07) is 14.0. The number of nitrogens with one attached hydrogen (secondary N) is 2. The third-order valence-corrected chi connectivity index (χ3v) is 7.81. The molecule has 0 radical (unpaired) electrons. The van der Waals surface area contributed by atoms with Crippen LogP contribution in [0.5, 0.6) is 11.6 Å². The summed E-state index contributed by atoms with van der Waals surface area (Å²) in [5, 5.41) is 19.1. The van der Waals surface area contributed by atoms with E-state index in [1.54, 1.807) is 49.7 Å². The molecular weight excluding hydrogens is 534 g/mol. The van der Waals surface area contributed by atoms with Crippen LogP contribution in [0.25, 0.3) is 33.2 Å². The van der Waals surface area contributed by atoms with Crippen molar-refractivity contribution in [2.24, 2.45) is 0 Å². The molecule has 0 amide bonds. The number of benzene rings is 2. The van der Waals surface area contributed by atoms with E-state index in [-0.39, 0.29) is 11.0 Å². The van der Waals surface area contributed by atoms with Crippen LogP contribution in [-0.4, -0.2) is 61.3 Å². The number of hydrogen-bond donors (Lipinski definition) is 4. The molecule has 0 saturated carbocycles. The van der Waals surface area contributed by atoms with E-state index in [2.05, 4.69) is 30.5 Å². The Morgan fingerprint density at radius 1 is 1.00 bits per heavy atom. The quantitative estimate of drug-likeness (QED) is 0.239. The number of methoxy groups -OCH3 is 2. The van der Waals surface area contributed by atoms with E-state index in [0.717, 1.165) is 22.1 Å². The minimum atomic E-state index is -3.84. The Labute approximate surface area is 232 Å². The van der Waals surface area contributed by atoms with E-state index in [4.69, 9.17) is 19.6 Å². The predicted octanol–water partition coefficient (Wildman–Crippen LogP) is 3.67. The molecule has 0 aliphatic rings. The lowest BCUT2D eigenvalue weighted by Crippen LogP contribution is -2.28. The second-order valence-corrected chi connectivity index (χ2v) is 12.2. The number of hydrogen-bond acceptors (Lipinski definition) is 8. The molecule has 4 aromatic rings. The van der Waals surface area contributed by atoms with Crippen molar-refractivity contribution in [3.63, 3.8) is 0 Å². The Morgan fingerprint density at radius 2 is 1.70 bits per heavy atom. The van der Waals surface area contributed by atoms with Gasteiger partial charge in [0.2, 0.25) is 10.0 Å². The standard InChI is InChI=1S/C29H33N3O7S/c1-29(2,3)24-13-22(21-10-11-25(38-4)31-28(21)35)26-23(27(24)39-5)12-18(14-30-26)17-6-8-19(9-7-17)32-40(36,37)16-20(34)15-33/h6-14,20,32-34H,15-16H2,1-5H3,(H,31,35). The number of fused-ring (bicyclic) bond motifs is 1. The van der Waals surface area contributed by atoms with Crippen molar-refractivity contribution in [1.82, 2.24) is 9.97 Å². The van der Waals surface area contributed by atoms with Gasteiger partial charge in [0.15, 0.2) is 5.88 Å². The number of pyridine rings is 2. The first-order valence-electron chi connectivity index (χ1n) is 12.6. The van der Waals surface area contributed by atoms with E-state index in [9.17, 15) is 18.3 Å². The summed E-state index contributed by atoms with van der Waals surface area (Å²) < 4.78 is 37.9. The van der Waals surface area contributed by atoms with Crippen LogP contribution in [0.4, 0.5) is 5.69 Å². The van der Waals surface area contributed by atoms with Gasteiger partial charge in [0.1, 0.15) is 5.75 Å². The van der Waals surface area contributed by atoms with Gasteiger partial charge in [-0.05, 0) is 47.4 Å². The van der Waals surface area contributed by atoms with Gasteiger partial charge in [0, 0.05) is 39.5 Å². The Kier molecular flexibility index (Phi) is 8.20. The molecule has 1 unspecified atom stereocenters. The zero-order chi connectivity index (χ0) is 29.2.